The Hall–Kier alpha value is -4.34. The van der Waals surface area contributed by atoms with Gasteiger partial charge in [-0.05, 0) is 23.8 Å². The van der Waals surface area contributed by atoms with Crippen molar-refractivity contribution in [3.63, 3.8) is 0 Å². The van der Waals surface area contributed by atoms with Gasteiger partial charge in [0.25, 0.3) is 0 Å². The lowest BCUT2D eigenvalue weighted by molar-refractivity contribution is -0.137. The molecule has 0 saturated heterocycles. The highest BCUT2D eigenvalue weighted by Crippen LogP contribution is 2.48. The SMILES string of the molecule is Cn1c(-c2ccccc2P(=O)(c2ccccc2)c2ccccc2)c(-c2ccc(C(F)(F)F)cc2)c2ccccc21. The fraction of sp³-hybridized carbons (Fsp3) is 0.0588. The van der Waals surface area contributed by atoms with Crippen molar-refractivity contribution in [3.8, 4) is 22.4 Å². The molecule has 198 valence electrons. The summed E-state index contributed by atoms with van der Waals surface area (Å²) in [5.74, 6) is 0. The van der Waals surface area contributed by atoms with Crippen LogP contribution >= 0.6 is 7.14 Å². The van der Waals surface area contributed by atoms with Crippen LogP contribution in [0, 0.1) is 0 Å². The van der Waals surface area contributed by atoms with E-state index in [0.29, 0.717) is 21.5 Å². The van der Waals surface area contributed by atoms with Crippen molar-refractivity contribution in [2.24, 2.45) is 7.05 Å². The Morgan fingerprint density at radius 3 is 1.75 bits per heavy atom. The van der Waals surface area contributed by atoms with E-state index in [0.717, 1.165) is 39.9 Å². The van der Waals surface area contributed by atoms with Gasteiger partial charge in [-0.25, -0.2) is 0 Å². The molecule has 0 aliphatic heterocycles. The summed E-state index contributed by atoms with van der Waals surface area (Å²) in [5.41, 5.74) is 3.25. The zero-order valence-electron chi connectivity index (χ0n) is 21.6. The van der Waals surface area contributed by atoms with Gasteiger partial charge >= 0.3 is 6.18 Å². The van der Waals surface area contributed by atoms with Crippen molar-refractivity contribution < 1.29 is 17.7 Å². The number of para-hydroxylation sites is 1. The highest BCUT2D eigenvalue weighted by Gasteiger charge is 2.34. The first-order valence-corrected chi connectivity index (χ1v) is 14.6. The molecule has 6 heteroatoms. The molecule has 40 heavy (non-hydrogen) atoms. The van der Waals surface area contributed by atoms with Gasteiger partial charge in [0.05, 0.1) is 11.3 Å². The highest BCUT2D eigenvalue weighted by molar-refractivity contribution is 7.85. The summed E-state index contributed by atoms with van der Waals surface area (Å²) < 4.78 is 57.6. The molecule has 1 aromatic heterocycles. The molecule has 2 nitrogen and oxygen atoms in total. The Morgan fingerprint density at radius 2 is 1.15 bits per heavy atom. The molecule has 0 saturated carbocycles. The lowest BCUT2D eigenvalue weighted by atomic mass is 9.97. The molecular formula is C34H25F3NOP. The molecule has 6 aromatic rings. The number of rotatable bonds is 5. The lowest BCUT2D eigenvalue weighted by Crippen LogP contribution is -2.26. The van der Waals surface area contributed by atoms with E-state index in [1.807, 2.05) is 121 Å². The molecule has 6 rings (SSSR count). The first kappa shape index (κ1) is 25.9. The molecule has 5 aromatic carbocycles. The lowest BCUT2D eigenvalue weighted by Gasteiger charge is -2.23. The molecule has 0 aliphatic carbocycles. The van der Waals surface area contributed by atoms with E-state index in [9.17, 15) is 13.2 Å². The zero-order chi connectivity index (χ0) is 27.9. The summed E-state index contributed by atoms with van der Waals surface area (Å²) in [6.45, 7) is 0. The third-order valence-electron chi connectivity index (χ3n) is 7.35. The molecular weight excluding hydrogens is 526 g/mol. The topological polar surface area (TPSA) is 22.0 Å². The number of hydrogen-bond donors (Lipinski definition) is 0. The second kappa shape index (κ2) is 10.0. The van der Waals surface area contributed by atoms with Gasteiger partial charge in [0.1, 0.15) is 0 Å². The van der Waals surface area contributed by atoms with Crippen LogP contribution in [0.3, 0.4) is 0 Å². The summed E-state index contributed by atoms with van der Waals surface area (Å²) in [7, 11) is -1.40. The Morgan fingerprint density at radius 1 is 0.625 bits per heavy atom. The van der Waals surface area contributed by atoms with Crippen molar-refractivity contribution >= 4 is 34.0 Å². The predicted octanol–water partition coefficient (Wildman–Crippen LogP) is 8.17. The quantitative estimate of drug-likeness (QED) is 0.198. The summed E-state index contributed by atoms with van der Waals surface area (Å²) in [6, 6.07) is 39.7. The number of benzene rings is 5. The largest absolute Gasteiger partial charge is 0.416 e. The van der Waals surface area contributed by atoms with E-state index in [2.05, 4.69) is 0 Å². The fourth-order valence-electron chi connectivity index (χ4n) is 5.48. The molecule has 0 fully saturated rings. The van der Waals surface area contributed by atoms with Crippen LogP contribution in [-0.4, -0.2) is 4.57 Å². The summed E-state index contributed by atoms with van der Waals surface area (Å²) >= 11 is 0. The van der Waals surface area contributed by atoms with Crippen molar-refractivity contribution in [2.75, 3.05) is 0 Å². The maximum Gasteiger partial charge on any atom is 0.416 e. The van der Waals surface area contributed by atoms with Gasteiger partial charge in [-0.15, -0.1) is 0 Å². The zero-order valence-corrected chi connectivity index (χ0v) is 22.5. The third-order valence-corrected chi connectivity index (χ3v) is 10.5. The molecule has 1 heterocycles. The average molecular weight is 552 g/mol. The normalized spacial score (nSPS) is 12.1. The van der Waals surface area contributed by atoms with Gasteiger partial charge in [0.15, 0.2) is 7.14 Å². The van der Waals surface area contributed by atoms with E-state index in [4.69, 9.17) is 0 Å². The fourth-order valence-corrected chi connectivity index (χ4v) is 8.33. The van der Waals surface area contributed by atoms with Gasteiger partial charge in [-0.2, -0.15) is 13.2 Å². The molecule has 0 unspecified atom stereocenters. The monoisotopic (exact) mass is 551 g/mol. The Bertz CT molecular complexity index is 1810. The number of halogens is 3. The van der Waals surface area contributed by atoms with Gasteiger partial charge in [0.2, 0.25) is 0 Å². The minimum Gasteiger partial charge on any atom is -0.343 e. The molecule has 0 amide bonds. The molecule has 0 radical (unpaired) electrons. The number of aryl methyl sites for hydroxylation is 1. The summed E-state index contributed by atoms with van der Waals surface area (Å²) in [5, 5.41) is 3.00. The Kier molecular flexibility index (Phi) is 6.48. The number of hydrogen-bond acceptors (Lipinski definition) is 1. The smallest absolute Gasteiger partial charge is 0.343 e. The Labute approximate surface area is 230 Å². The minimum absolute atomic E-state index is 0.656. The van der Waals surface area contributed by atoms with Crippen LogP contribution in [0.1, 0.15) is 5.56 Å². The number of fused-ring (bicyclic) bond motifs is 1. The van der Waals surface area contributed by atoms with Crippen LogP contribution < -0.4 is 15.9 Å². The first-order valence-electron chi connectivity index (χ1n) is 12.9. The molecule has 0 atom stereocenters. The van der Waals surface area contributed by atoms with Crippen LogP contribution in [0.15, 0.2) is 133 Å². The molecule has 0 spiro atoms. The third kappa shape index (κ3) is 4.27. The summed E-state index contributed by atoms with van der Waals surface area (Å²) in [6.07, 6.45) is -4.43. The maximum atomic E-state index is 15.4. The molecule has 0 N–H and O–H groups in total. The maximum absolute atomic E-state index is 15.4. The average Bonchev–Trinajstić information content (AvgIpc) is 3.29. The molecule has 0 aliphatic rings. The van der Waals surface area contributed by atoms with Crippen molar-refractivity contribution in [3.05, 3.63) is 139 Å². The van der Waals surface area contributed by atoms with Gasteiger partial charge in [-0.3, -0.25) is 0 Å². The van der Waals surface area contributed by atoms with Gasteiger partial charge in [0, 0.05) is 45.0 Å². The predicted molar refractivity (Wildman–Crippen MR) is 158 cm³/mol. The van der Waals surface area contributed by atoms with E-state index < -0.39 is 18.9 Å². The number of nitrogens with zero attached hydrogens (tertiary/aromatic N) is 1. The van der Waals surface area contributed by atoms with Crippen molar-refractivity contribution in [1.29, 1.82) is 0 Å². The standard InChI is InChI=1S/C34H25F3NOP/c1-38-30-18-10-8-16-28(30)32(24-20-22-25(23-21-24)34(35,36)37)33(38)29-17-9-11-19-31(29)40(39,26-12-4-2-5-13-26)27-14-6-3-7-15-27/h2-23H,1H3. The highest BCUT2D eigenvalue weighted by atomic mass is 31.2. The van der Waals surface area contributed by atoms with Crippen LogP contribution in [0.25, 0.3) is 33.3 Å². The Balaban J connectivity index is 1.68. The second-order valence-corrected chi connectivity index (χ2v) is 12.4. The van der Waals surface area contributed by atoms with Crippen molar-refractivity contribution in [1.82, 2.24) is 4.57 Å². The van der Waals surface area contributed by atoms with E-state index in [1.165, 1.54) is 12.1 Å². The van der Waals surface area contributed by atoms with E-state index in [1.54, 1.807) is 0 Å². The van der Waals surface area contributed by atoms with E-state index in [-0.39, 0.29) is 0 Å². The van der Waals surface area contributed by atoms with E-state index >= 15 is 4.57 Å². The number of alkyl halides is 3. The minimum atomic E-state index is -4.43. The van der Waals surface area contributed by atoms with Gasteiger partial charge < -0.3 is 9.13 Å². The number of aromatic nitrogens is 1. The van der Waals surface area contributed by atoms with Crippen LogP contribution in [0.2, 0.25) is 0 Å². The second-order valence-electron chi connectivity index (χ2n) is 9.67. The van der Waals surface area contributed by atoms with Crippen LogP contribution in [0.4, 0.5) is 13.2 Å². The van der Waals surface area contributed by atoms with Crippen molar-refractivity contribution in [2.45, 2.75) is 6.18 Å². The van der Waals surface area contributed by atoms with Gasteiger partial charge in [-0.1, -0.05) is 115 Å². The van der Waals surface area contributed by atoms with Crippen LogP contribution in [-0.2, 0) is 17.8 Å². The molecule has 0 bridgehead atoms. The first-order chi connectivity index (χ1) is 19.3. The summed E-state index contributed by atoms with van der Waals surface area (Å²) in [4.78, 5) is 0. The van der Waals surface area contributed by atoms with Crippen LogP contribution in [0.5, 0.6) is 0 Å².